The Labute approximate surface area is 212 Å². The van der Waals surface area contributed by atoms with Gasteiger partial charge in [0, 0.05) is 6.61 Å². The molecule has 0 aliphatic rings. The number of aliphatic hydroxyl groups is 2. The van der Waals surface area contributed by atoms with E-state index in [0.29, 0.717) is 52.9 Å². The second-order valence-electron chi connectivity index (χ2n) is 8.97. The van der Waals surface area contributed by atoms with Crippen LogP contribution in [0, 0.1) is 0 Å². The molecule has 212 valence electrons. The van der Waals surface area contributed by atoms with E-state index in [1.54, 1.807) is 0 Å². The Kier molecular flexibility index (Phi) is 22.5. The van der Waals surface area contributed by atoms with Gasteiger partial charge in [-0.05, 0) is 48.5 Å². The lowest BCUT2D eigenvalue weighted by atomic mass is 10.3. The van der Waals surface area contributed by atoms with E-state index in [0.717, 1.165) is 0 Å². The molecule has 0 aromatic heterocycles. The summed E-state index contributed by atoms with van der Waals surface area (Å²) in [6.07, 6.45) is -1.36. The highest BCUT2D eigenvalue weighted by atomic mass is 16.6. The van der Waals surface area contributed by atoms with Crippen molar-refractivity contribution in [3.05, 3.63) is 0 Å². The Morgan fingerprint density at radius 3 is 1.20 bits per heavy atom. The van der Waals surface area contributed by atoms with Crippen LogP contribution in [0.5, 0.6) is 0 Å². The molecule has 0 bridgehead atoms. The molecule has 0 saturated carbocycles. The van der Waals surface area contributed by atoms with Gasteiger partial charge in [-0.15, -0.1) is 0 Å². The van der Waals surface area contributed by atoms with Crippen LogP contribution < -0.4 is 0 Å². The monoisotopic (exact) mass is 512 g/mol. The summed E-state index contributed by atoms with van der Waals surface area (Å²) in [4.78, 5) is 0. The maximum Gasteiger partial charge on any atom is 0.101 e. The van der Waals surface area contributed by atoms with Crippen LogP contribution in [0.1, 0.15) is 48.5 Å². The molecule has 0 aromatic carbocycles. The quantitative estimate of drug-likeness (QED) is 0.176. The van der Waals surface area contributed by atoms with Crippen molar-refractivity contribution in [3.8, 4) is 0 Å². The summed E-state index contributed by atoms with van der Waals surface area (Å²) < 4.78 is 44.7. The normalized spacial score (nSPS) is 18.1. The van der Waals surface area contributed by atoms with E-state index in [1.807, 2.05) is 48.5 Å². The summed E-state index contributed by atoms with van der Waals surface area (Å²) in [5.41, 5.74) is 0. The number of ether oxygens (including phenoxy) is 8. The first-order valence-electron chi connectivity index (χ1n) is 12.8. The predicted molar refractivity (Wildman–Crippen MR) is 133 cm³/mol. The Bertz CT molecular complexity index is 456. The SMILES string of the molecule is CCOCCOCC(O)COC(C)COC(C)COC(C)COC(C)COC(C)COC(C)CO. The third kappa shape index (κ3) is 22.5. The predicted octanol–water partition coefficient (Wildman–Crippen LogP) is 1.82. The lowest BCUT2D eigenvalue weighted by Gasteiger charge is -2.22. The van der Waals surface area contributed by atoms with Crippen molar-refractivity contribution in [2.45, 2.75) is 91.2 Å². The second-order valence-corrected chi connectivity index (χ2v) is 8.97. The van der Waals surface area contributed by atoms with E-state index in [1.165, 1.54) is 0 Å². The zero-order chi connectivity index (χ0) is 26.5. The van der Waals surface area contributed by atoms with Crippen LogP contribution in [-0.4, -0.2) is 126 Å². The molecule has 0 saturated heterocycles. The van der Waals surface area contributed by atoms with Crippen molar-refractivity contribution in [1.29, 1.82) is 0 Å². The van der Waals surface area contributed by atoms with E-state index in [2.05, 4.69) is 0 Å². The molecule has 0 fully saturated rings. The van der Waals surface area contributed by atoms with Crippen molar-refractivity contribution in [3.63, 3.8) is 0 Å². The van der Waals surface area contributed by atoms with Crippen molar-refractivity contribution in [2.24, 2.45) is 0 Å². The van der Waals surface area contributed by atoms with Crippen LogP contribution in [-0.2, 0) is 37.9 Å². The molecular formula is C25H52O10. The van der Waals surface area contributed by atoms with Gasteiger partial charge in [-0.3, -0.25) is 0 Å². The molecule has 7 atom stereocenters. The lowest BCUT2D eigenvalue weighted by molar-refractivity contribution is -0.107. The number of aliphatic hydroxyl groups excluding tert-OH is 2. The second kappa shape index (κ2) is 22.8. The molecule has 0 spiro atoms. The first-order chi connectivity index (χ1) is 16.7. The molecule has 2 N–H and O–H groups in total. The summed E-state index contributed by atoms with van der Waals surface area (Å²) in [6.45, 7) is 17.6. The van der Waals surface area contributed by atoms with E-state index < -0.39 is 6.10 Å². The Morgan fingerprint density at radius 1 is 0.486 bits per heavy atom. The lowest BCUT2D eigenvalue weighted by Crippen LogP contribution is -2.30. The van der Waals surface area contributed by atoms with Crippen LogP contribution in [0.4, 0.5) is 0 Å². The molecular weight excluding hydrogens is 460 g/mol. The Morgan fingerprint density at radius 2 is 0.829 bits per heavy atom. The minimum Gasteiger partial charge on any atom is -0.394 e. The highest BCUT2D eigenvalue weighted by Gasteiger charge is 2.14. The van der Waals surface area contributed by atoms with E-state index >= 15 is 0 Å². The third-order valence-electron chi connectivity index (χ3n) is 4.79. The maximum atomic E-state index is 9.90. The van der Waals surface area contributed by atoms with E-state index in [-0.39, 0.29) is 56.4 Å². The fourth-order valence-corrected chi connectivity index (χ4v) is 2.60. The molecule has 0 aromatic rings. The number of rotatable bonds is 25. The Hall–Kier alpha value is -0.400. The summed E-state index contributed by atoms with van der Waals surface area (Å²) in [5.74, 6) is 0. The van der Waals surface area contributed by atoms with Crippen molar-refractivity contribution in [2.75, 3.05) is 72.7 Å². The Balaban J connectivity index is 3.78. The van der Waals surface area contributed by atoms with Crippen LogP contribution in [0.2, 0.25) is 0 Å². The molecule has 0 heterocycles. The van der Waals surface area contributed by atoms with Crippen molar-refractivity contribution in [1.82, 2.24) is 0 Å². The molecule has 10 nitrogen and oxygen atoms in total. The van der Waals surface area contributed by atoms with Crippen molar-refractivity contribution >= 4 is 0 Å². The fraction of sp³-hybridized carbons (Fsp3) is 1.00. The average Bonchev–Trinajstić information content (AvgIpc) is 2.85. The van der Waals surface area contributed by atoms with E-state index in [9.17, 15) is 5.11 Å². The molecule has 0 radical (unpaired) electrons. The zero-order valence-corrected chi connectivity index (χ0v) is 23.0. The summed E-state index contributed by atoms with van der Waals surface area (Å²) in [7, 11) is 0. The van der Waals surface area contributed by atoms with Gasteiger partial charge in [0.1, 0.15) is 6.10 Å². The van der Waals surface area contributed by atoms with E-state index in [4.69, 9.17) is 43.0 Å². The summed E-state index contributed by atoms with van der Waals surface area (Å²) >= 11 is 0. The first kappa shape index (κ1) is 34.6. The molecule has 35 heavy (non-hydrogen) atoms. The van der Waals surface area contributed by atoms with Crippen LogP contribution in [0.3, 0.4) is 0 Å². The van der Waals surface area contributed by atoms with Gasteiger partial charge in [-0.1, -0.05) is 0 Å². The highest BCUT2D eigenvalue weighted by Crippen LogP contribution is 2.04. The van der Waals surface area contributed by atoms with Crippen LogP contribution in [0.25, 0.3) is 0 Å². The van der Waals surface area contributed by atoms with Gasteiger partial charge in [-0.2, -0.15) is 0 Å². The number of hydrogen-bond donors (Lipinski definition) is 2. The van der Waals surface area contributed by atoms with Crippen LogP contribution >= 0.6 is 0 Å². The van der Waals surface area contributed by atoms with Gasteiger partial charge in [0.2, 0.25) is 0 Å². The minimum atomic E-state index is -0.681. The summed E-state index contributed by atoms with van der Waals surface area (Å²) in [6, 6.07) is 0. The molecule has 0 amide bonds. The summed E-state index contributed by atoms with van der Waals surface area (Å²) in [5, 5.41) is 18.9. The molecule has 0 aliphatic carbocycles. The topological polar surface area (TPSA) is 114 Å². The molecule has 0 rings (SSSR count). The molecule has 7 unspecified atom stereocenters. The molecule has 0 aliphatic heterocycles. The standard InChI is InChI=1S/C25H52O10/c1-8-28-9-10-29-17-25(27)18-35-24(7)16-34-23(6)15-33-22(5)14-32-21(4)13-31-20(3)12-30-19(2)11-26/h19-27H,8-18H2,1-7H3. The highest BCUT2D eigenvalue weighted by molar-refractivity contribution is 4.59. The fourth-order valence-electron chi connectivity index (χ4n) is 2.60. The number of hydrogen-bond acceptors (Lipinski definition) is 10. The molecule has 10 heteroatoms. The van der Waals surface area contributed by atoms with Gasteiger partial charge in [0.05, 0.1) is 103 Å². The van der Waals surface area contributed by atoms with Gasteiger partial charge in [0.15, 0.2) is 0 Å². The van der Waals surface area contributed by atoms with Gasteiger partial charge in [0.25, 0.3) is 0 Å². The smallest absolute Gasteiger partial charge is 0.101 e. The van der Waals surface area contributed by atoms with Gasteiger partial charge >= 0.3 is 0 Å². The van der Waals surface area contributed by atoms with Crippen LogP contribution in [0.15, 0.2) is 0 Å². The first-order valence-corrected chi connectivity index (χ1v) is 12.8. The van der Waals surface area contributed by atoms with Gasteiger partial charge in [-0.25, -0.2) is 0 Å². The maximum absolute atomic E-state index is 9.90. The minimum absolute atomic E-state index is 0.00334. The average molecular weight is 513 g/mol. The zero-order valence-electron chi connectivity index (χ0n) is 23.0. The largest absolute Gasteiger partial charge is 0.394 e. The van der Waals surface area contributed by atoms with Crippen molar-refractivity contribution < 1.29 is 48.1 Å². The third-order valence-corrected chi connectivity index (χ3v) is 4.79. The van der Waals surface area contributed by atoms with Gasteiger partial charge < -0.3 is 48.1 Å².